The molecule has 0 aliphatic carbocycles. The number of benzene rings is 1. The van der Waals surface area contributed by atoms with Crippen LogP contribution in [-0.2, 0) is 0 Å². The summed E-state index contributed by atoms with van der Waals surface area (Å²) in [6.45, 7) is 5.21. The molecule has 0 radical (unpaired) electrons. The minimum atomic E-state index is -0.880. The van der Waals surface area contributed by atoms with Gasteiger partial charge >= 0.3 is 0 Å². The van der Waals surface area contributed by atoms with Crippen molar-refractivity contribution in [3.05, 3.63) is 47.8 Å². The van der Waals surface area contributed by atoms with Crippen LogP contribution in [0.2, 0.25) is 0 Å². The molecule has 7 heteroatoms. The second-order valence-electron chi connectivity index (χ2n) is 6.67. The molecule has 1 atom stereocenters. The number of halogens is 2. The van der Waals surface area contributed by atoms with Crippen molar-refractivity contribution < 1.29 is 13.6 Å². The molecule has 2 aromatic rings. The van der Waals surface area contributed by atoms with Gasteiger partial charge in [-0.15, -0.1) is 0 Å². The first-order valence-corrected chi connectivity index (χ1v) is 8.49. The molecule has 1 aliphatic heterocycles. The number of aromatic nitrogens is 2. The van der Waals surface area contributed by atoms with E-state index in [1.807, 2.05) is 13.8 Å². The number of likely N-dealkylation sites (tertiary alicyclic amines) is 1. The highest BCUT2D eigenvalue weighted by atomic mass is 19.2. The van der Waals surface area contributed by atoms with Crippen molar-refractivity contribution in [2.24, 2.45) is 0 Å². The van der Waals surface area contributed by atoms with E-state index in [0.29, 0.717) is 24.3 Å². The summed E-state index contributed by atoms with van der Waals surface area (Å²) in [6.07, 6.45) is 5.08. The molecule has 25 heavy (non-hydrogen) atoms. The summed E-state index contributed by atoms with van der Waals surface area (Å²) in [7, 11) is 0. The molecule has 3 rings (SSSR count). The third kappa shape index (κ3) is 3.97. The lowest BCUT2D eigenvalue weighted by atomic mass is 10.0. The predicted molar refractivity (Wildman–Crippen MR) is 91.5 cm³/mol. The van der Waals surface area contributed by atoms with Crippen molar-refractivity contribution in [2.45, 2.75) is 38.8 Å². The van der Waals surface area contributed by atoms with E-state index in [4.69, 9.17) is 0 Å². The lowest BCUT2D eigenvalue weighted by Crippen LogP contribution is -2.45. The molecule has 5 nitrogen and oxygen atoms in total. The molecule has 0 spiro atoms. The van der Waals surface area contributed by atoms with Gasteiger partial charge in [-0.05, 0) is 38.8 Å². The summed E-state index contributed by atoms with van der Waals surface area (Å²) in [5.41, 5.74) is 1.09. The summed E-state index contributed by atoms with van der Waals surface area (Å²) < 4.78 is 28.1. The number of nitrogens with one attached hydrogen (secondary N) is 1. The first-order chi connectivity index (χ1) is 11.9. The summed E-state index contributed by atoms with van der Waals surface area (Å²) in [5.74, 6) is -1.80. The van der Waals surface area contributed by atoms with E-state index in [2.05, 4.69) is 10.4 Å². The zero-order chi connectivity index (χ0) is 18.0. The van der Waals surface area contributed by atoms with Crippen molar-refractivity contribution >= 4 is 11.6 Å². The molecule has 1 amide bonds. The number of nitrogens with zero attached hydrogens (tertiary/aromatic N) is 3. The van der Waals surface area contributed by atoms with E-state index < -0.39 is 11.6 Å². The van der Waals surface area contributed by atoms with Crippen LogP contribution in [0.4, 0.5) is 14.5 Å². The predicted octanol–water partition coefficient (Wildman–Crippen LogP) is 3.46. The number of anilines is 1. The molecule has 1 saturated heterocycles. The van der Waals surface area contributed by atoms with Crippen molar-refractivity contribution in [3.8, 4) is 0 Å². The van der Waals surface area contributed by atoms with Crippen molar-refractivity contribution in [1.82, 2.24) is 14.7 Å². The maximum atomic E-state index is 13.3. The second-order valence-corrected chi connectivity index (χ2v) is 6.67. The number of rotatable bonds is 4. The summed E-state index contributed by atoms with van der Waals surface area (Å²) in [5, 5.41) is 7.40. The Morgan fingerprint density at radius 3 is 2.80 bits per heavy atom. The number of carbonyl (C=O) groups excluding carboxylic acids is 1. The van der Waals surface area contributed by atoms with Gasteiger partial charge in [-0.1, -0.05) is 0 Å². The molecule has 1 N–H and O–H groups in total. The van der Waals surface area contributed by atoms with Gasteiger partial charge in [0.15, 0.2) is 11.6 Å². The summed E-state index contributed by atoms with van der Waals surface area (Å²) in [4.78, 5) is 14.4. The zero-order valence-corrected chi connectivity index (χ0v) is 14.4. The summed E-state index contributed by atoms with van der Waals surface area (Å²) >= 11 is 0. The van der Waals surface area contributed by atoms with Crippen molar-refractivity contribution in [1.29, 1.82) is 0 Å². The second kappa shape index (κ2) is 7.21. The molecule has 1 aromatic heterocycles. The normalized spacial score (nSPS) is 17.8. The Morgan fingerprint density at radius 2 is 2.12 bits per heavy atom. The molecule has 2 heterocycles. The maximum Gasteiger partial charge on any atom is 0.257 e. The van der Waals surface area contributed by atoms with E-state index in [-0.39, 0.29) is 18.0 Å². The number of piperidine rings is 1. The van der Waals surface area contributed by atoms with Crippen molar-refractivity contribution in [3.63, 3.8) is 0 Å². The van der Waals surface area contributed by atoms with Gasteiger partial charge in [-0.3, -0.25) is 9.48 Å². The fourth-order valence-electron chi connectivity index (χ4n) is 3.01. The number of carbonyl (C=O) groups is 1. The minimum absolute atomic E-state index is 0.00250. The topological polar surface area (TPSA) is 50.2 Å². The highest BCUT2D eigenvalue weighted by Crippen LogP contribution is 2.20. The van der Waals surface area contributed by atoms with E-state index in [0.717, 1.165) is 25.0 Å². The molecule has 0 bridgehead atoms. The smallest absolute Gasteiger partial charge is 0.257 e. The number of amides is 1. The first kappa shape index (κ1) is 17.4. The maximum absolute atomic E-state index is 13.3. The quantitative estimate of drug-likeness (QED) is 0.921. The van der Waals surface area contributed by atoms with Gasteiger partial charge in [-0.25, -0.2) is 8.78 Å². The fourth-order valence-corrected chi connectivity index (χ4v) is 3.01. The highest BCUT2D eigenvalue weighted by molar-refractivity contribution is 5.93. The highest BCUT2D eigenvalue weighted by Gasteiger charge is 2.25. The Balaban J connectivity index is 1.65. The van der Waals surface area contributed by atoms with Crippen molar-refractivity contribution in [2.75, 3.05) is 18.4 Å². The van der Waals surface area contributed by atoms with Crippen LogP contribution in [0.3, 0.4) is 0 Å². The SMILES string of the molecule is CC(C)n1cc(C(=O)N2CCC[C@@H](Nc3ccc(F)c(F)c3)C2)cn1. The van der Waals surface area contributed by atoms with Crippen LogP contribution in [0.1, 0.15) is 43.1 Å². The molecule has 1 fully saturated rings. The van der Waals surface area contributed by atoms with Gasteiger partial charge in [0.1, 0.15) is 0 Å². The third-order valence-corrected chi connectivity index (χ3v) is 4.38. The number of hydrogen-bond donors (Lipinski definition) is 1. The Morgan fingerprint density at radius 1 is 1.32 bits per heavy atom. The van der Waals surface area contributed by atoms with Crippen LogP contribution in [-0.4, -0.2) is 39.7 Å². The van der Waals surface area contributed by atoms with Crippen LogP contribution in [0.5, 0.6) is 0 Å². The van der Waals surface area contributed by atoms with Crippen LogP contribution in [0.15, 0.2) is 30.6 Å². The lowest BCUT2D eigenvalue weighted by Gasteiger charge is -2.33. The standard InChI is InChI=1S/C18H22F2N4O/c1-12(2)24-10-13(9-21-24)18(25)23-7-3-4-15(11-23)22-14-5-6-16(19)17(20)8-14/h5-6,8-10,12,15,22H,3-4,7,11H2,1-2H3/t15-/m1/s1. The van der Waals surface area contributed by atoms with Gasteiger partial charge in [-0.2, -0.15) is 5.10 Å². The Hall–Kier alpha value is -2.44. The molecule has 0 unspecified atom stereocenters. The molecular formula is C18H22F2N4O. The van der Waals surface area contributed by atoms with E-state index in [9.17, 15) is 13.6 Å². The molecule has 1 aliphatic rings. The van der Waals surface area contributed by atoms with Gasteiger partial charge in [0, 0.05) is 43.1 Å². The van der Waals surface area contributed by atoms with Crippen LogP contribution >= 0.6 is 0 Å². The molecular weight excluding hydrogens is 326 g/mol. The van der Waals surface area contributed by atoms with Gasteiger partial charge < -0.3 is 10.2 Å². The van der Waals surface area contributed by atoms with Crippen LogP contribution in [0.25, 0.3) is 0 Å². The van der Waals surface area contributed by atoms with E-state index in [1.54, 1.807) is 22.0 Å². The number of hydrogen-bond acceptors (Lipinski definition) is 3. The Labute approximate surface area is 145 Å². The van der Waals surface area contributed by atoms with E-state index >= 15 is 0 Å². The first-order valence-electron chi connectivity index (χ1n) is 8.49. The van der Waals surface area contributed by atoms with Gasteiger partial charge in [0.25, 0.3) is 5.91 Å². The van der Waals surface area contributed by atoms with E-state index in [1.165, 1.54) is 6.07 Å². The van der Waals surface area contributed by atoms with Gasteiger partial charge in [0.05, 0.1) is 11.8 Å². The monoisotopic (exact) mass is 348 g/mol. The Kier molecular flexibility index (Phi) is 5.01. The third-order valence-electron chi connectivity index (χ3n) is 4.38. The van der Waals surface area contributed by atoms with Crippen LogP contribution < -0.4 is 5.32 Å². The minimum Gasteiger partial charge on any atom is -0.380 e. The van der Waals surface area contributed by atoms with Crippen LogP contribution in [0, 0.1) is 11.6 Å². The largest absolute Gasteiger partial charge is 0.380 e. The fraction of sp³-hybridized carbons (Fsp3) is 0.444. The van der Waals surface area contributed by atoms with Gasteiger partial charge in [0.2, 0.25) is 0 Å². The average molecular weight is 348 g/mol. The summed E-state index contributed by atoms with van der Waals surface area (Å²) in [6, 6.07) is 3.95. The average Bonchev–Trinajstić information content (AvgIpc) is 3.08. The lowest BCUT2D eigenvalue weighted by molar-refractivity contribution is 0.0714. The molecule has 1 aromatic carbocycles. The molecule has 134 valence electrons. The Bertz CT molecular complexity index is 759. The molecule has 0 saturated carbocycles. The zero-order valence-electron chi connectivity index (χ0n) is 14.4.